The number of benzene rings is 8. The van der Waals surface area contributed by atoms with E-state index in [0.29, 0.717) is 0 Å². The van der Waals surface area contributed by atoms with Gasteiger partial charge in [0.05, 0.1) is 5.41 Å². The van der Waals surface area contributed by atoms with Gasteiger partial charge in [-0.3, -0.25) is 0 Å². The Labute approximate surface area is 286 Å². The van der Waals surface area contributed by atoms with Crippen LogP contribution in [0.2, 0.25) is 5.02 Å². The smallest absolute Gasteiger partial charge is 0.0713 e. The predicted octanol–water partition coefficient (Wildman–Crippen LogP) is 12.9. The first-order valence-electron chi connectivity index (χ1n) is 16.5. The third-order valence-electron chi connectivity index (χ3n) is 10.1. The molecule has 0 aromatic heterocycles. The summed E-state index contributed by atoms with van der Waals surface area (Å²) < 4.78 is 0. The fourth-order valence-electron chi connectivity index (χ4n) is 8.03. The van der Waals surface area contributed by atoms with Crippen molar-refractivity contribution < 1.29 is 0 Å². The molecule has 0 amide bonds. The molecule has 0 aliphatic heterocycles. The third kappa shape index (κ3) is 4.30. The van der Waals surface area contributed by atoms with Gasteiger partial charge >= 0.3 is 0 Å². The first-order chi connectivity index (χ1) is 23.7. The molecule has 0 saturated heterocycles. The summed E-state index contributed by atoms with van der Waals surface area (Å²) in [5, 5.41) is 2.96. The normalized spacial score (nSPS) is 12.9. The van der Waals surface area contributed by atoms with Gasteiger partial charge in [0.1, 0.15) is 0 Å². The molecule has 48 heavy (non-hydrogen) atoms. The van der Waals surface area contributed by atoms with Crippen LogP contribution in [0.25, 0.3) is 55.3 Å². The van der Waals surface area contributed by atoms with Crippen LogP contribution in [-0.4, -0.2) is 0 Å². The lowest BCUT2D eigenvalue weighted by atomic mass is 9.67. The molecular weight excluding hydrogens is 600 g/mol. The minimum atomic E-state index is -0.447. The Bertz CT molecular complexity index is 2400. The van der Waals surface area contributed by atoms with E-state index in [-0.39, 0.29) is 0 Å². The number of rotatable bonds is 5. The molecule has 1 aliphatic rings. The van der Waals surface area contributed by atoms with E-state index in [4.69, 9.17) is 11.6 Å². The average molecular weight is 631 g/mol. The van der Waals surface area contributed by atoms with Gasteiger partial charge < -0.3 is 0 Å². The third-order valence-corrected chi connectivity index (χ3v) is 10.4. The van der Waals surface area contributed by atoms with Crippen molar-refractivity contribution >= 4 is 22.4 Å². The monoisotopic (exact) mass is 630 g/mol. The fourth-order valence-corrected chi connectivity index (χ4v) is 8.25. The number of hydrogen-bond acceptors (Lipinski definition) is 0. The van der Waals surface area contributed by atoms with Gasteiger partial charge in [0.25, 0.3) is 0 Å². The Morgan fingerprint density at radius 3 is 1.56 bits per heavy atom. The molecule has 0 unspecified atom stereocenters. The van der Waals surface area contributed by atoms with Gasteiger partial charge in [-0.25, -0.2) is 0 Å². The Hall–Kier alpha value is -5.69. The van der Waals surface area contributed by atoms with E-state index in [1.165, 1.54) is 66.8 Å². The van der Waals surface area contributed by atoms with Crippen LogP contribution >= 0.6 is 11.6 Å². The quantitative estimate of drug-likeness (QED) is 0.177. The molecule has 226 valence electrons. The van der Waals surface area contributed by atoms with Crippen LogP contribution in [-0.2, 0) is 5.41 Å². The van der Waals surface area contributed by atoms with Crippen molar-refractivity contribution in [2.45, 2.75) is 5.41 Å². The summed E-state index contributed by atoms with van der Waals surface area (Å²) in [6, 6.07) is 68.1. The summed E-state index contributed by atoms with van der Waals surface area (Å²) in [7, 11) is 0. The summed E-state index contributed by atoms with van der Waals surface area (Å²) >= 11 is 6.85. The van der Waals surface area contributed by atoms with Crippen molar-refractivity contribution in [1.82, 2.24) is 0 Å². The van der Waals surface area contributed by atoms with Crippen LogP contribution in [0.5, 0.6) is 0 Å². The lowest BCUT2D eigenvalue weighted by Crippen LogP contribution is -2.28. The number of hydrogen-bond donors (Lipinski definition) is 0. The molecule has 0 saturated carbocycles. The molecule has 0 radical (unpaired) electrons. The standard InChI is InChI=1S/C47H31Cl/c48-45-30-29-38(42-31-33(27-28-39(42)45)32-15-4-1-5-16-32)36-21-10-11-22-37(36)40-24-14-26-44-46(40)41-23-12-13-25-43(41)47(44,34-17-6-2-7-18-34)35-19-8-3-9-20-35/h1-31H. The highest BCUT2D eigenvalue weighted by Crippen LogP contribution is 2.58. The highest BCUT2D eigenvalue weighted by molar-refractivity contribution is 6.36. The SMILES string of the molecule is Clc1ccc(-c2ccccc2-c2cccc3c2-c2ccccc2C3(c2ccccc2)c2ccccc2)c2cc(-c3ccccc3)ccc12. The van der Waals surface area contributed by atoms with Crippen molar-refractivity contribution in [3.05, 3.63) is 215 Å². The molecule has 1 aliphatic carbocycles. The topological polar surface area (TPSA) is 0 Å². The molecule has 1 heteroatoms. The van der Waals surface area contributed by atoms with Crippen molar-refractivity contribution in [2.75, 3.05) is 0 Å². The highest BCUT2D eigenvalue weighted by atomic mass is 35.5. The van der Waals surface area contributed by atoms with Gasteiger partial charge in [-0.2, -0.15) is 0 Å². The molecule has 0 N–H and O–H groups in total. The Morgan fingerprint density at radius 2 is 0.875 bits per heavy atom. The van der Waals surface area contributed by atoms with E-state index in [1.54, 1.807) is 0 Å². The summed E-state index contributed by atoms with van der Waals surface area (Å²) in [5.41, 5.74) is 14.4. The van der Waals surface area contributed by atoms with Crippen LogP contribution in [0.3, 0.4) is 0 Å². The van der Waals surface area contributed by atoms with Gasteiger partial charge in [0, 0.05) is 10.4 Å². The molecule has 0 atom stereocenters. The summed E-state index contributed by atoms with van der Waals surface area (Å²) in [6.07, 6.45) is 0. The van der Waals surface area contributed by atoms with Gasteiger partial charge in [-0.05, 0) is 84.3 Å². The van der Waals surface area contributed by atoms with Crippen molar-refractivity contribution in [1.29, 1.82) is 0 Å². The summed E-state index contributed by atoms with van der Waals surface area (Å²) in [5.74, 6) is 0. The van der Waals surface area contributed by atoms with Crippen molar-refractivity contribution in [3.63, 3.8) is 0 Å². The highest BCUT2D eigenvalue weighted by Gasteiger charge is 2.46. The van der Waals surface area contributed by atoms with Crippen LogP contribution in [0.15, 0.2) is 188 Å². The lowest BCUT2D eigenvalue weighted by molar-refractivity contribution is 0.768. The van der Waals surface area contributed by atoms with Gasteiger partial charge in [0.15, 0.2) is 0 Å². The Balaban J connectivity index is 1.33. The molecule has 0 spiro atoms. The molecule has 0 fully saturated rings. The zero-order chi connectivity index (χ0) is 32.1. The van der Waals surface area contributed by atoms with Crippen molar-refractivity contribution in [3.8, 4) is 44.5 Å². The number of fused-ring (bicyclic) bond motifs is 4. The van der Waals surface area contributed by atoms with Gasteiger partial charge in [-0.15, -0.1) is 0 Å². The summed E-state index contributed by atoms with van der Waals surface area (Å²) in [6.45, 7) is 0. The van der Waals surface area contributed by atoms with E-state index in [9.17, 15) is 0 Å². The molecule has 8 aromatic carbocycles. The van der Waals surface area contributed by atoms with Crippen LogP contribution in [0.1, 0.15) is 22.3 Å². The van der Waals surface area contributed by atoms with Gasteiger partial charge in [-0.1, -0.05) is 188 Å². The van der Waals surface area contributed by atoms with Crippen molar-refractivity contribution in [2.24, 2.45) is 0 Å². The first kappa shape index (κ1) is 28.5. The fraction of sp³-hybridized carbons (Fsp3) is 0.0213. The molecule has 0 heterocycles. The zero-order valence-electron chi connectivity index (χ0n) is 26.3. The predicted molar refractivity (Wildman–Crippen MR) is 203 cm³/mol. The first-order valence-corrected chi connectivity index (χ1v) is 16.8. The zero-order valence-corrected chi connectivity index (χ0v) is 27.0. The van der Waals surface area contributed by atoms with E-state index in [1.807, 2.05) is 6.07 Å². The van der Waals surface area contributed by atoms with Crippen LogP contribution in [0.4, 0.5) is 0 Å². The van der Waals surface area contributed by atoms with E-state index < -0.39 is 5.41 Å². The second-order valence-electron chi connectivity index (χ2n) is 12.5. The van der Waals surface area contributed by atoms with Gasteiger partial charge in [0.2, 0.25) is 0 Å². The molecule has 0 bridgehead atoms. The second-order valence-corrected chi connectivity index (χ2v) is 12.9. The molecule has 0 nitrogen and oxygen atoms in total. The average Bonchev–Trinajstić information content (AvgIpc) is 3.47. The second kappa shape index (κ2) is 11.5. The van der Waals surface area contributed by atoms with E-state index in [2.05, 4.69) is 182 Å². The minimum absolute atomic E-state index is 0.447. The van der Waals surface area contributed by atoms with Crippen LogP contribution < -0.4 is 0 Å². The maximum absolute atomic E-state index is 6.85. The minimum Gasteiger partial charge on any atom is -0.0837 e. The molecule has 9 rings (SSSR count). The molecular formula is C47H31Cl. The Morgan fingerprint density at radius 1 is 0.333 bits per heavy atom. The summed E-state index contributed by atoms with van der Waals surface area (Å²) in [4.78, 5) is 0. The molecule has 8 aromatic rings. The van der Waals surface area contributed by atoms with E-state index >= 15 is 0 Å². The maximum atomic E-state index is 6.85. The maximum Gasteiger partial charge on any atom is 0.0713 e. The lowest BCUT2D eigenvalue weighted by Gasteiger charge is -2.34. The Kier molecular flexibility index (Phi) is 6.85. The van der Waals surface area contributed by atoms with E-state index in [0.717, 1.165) is 15.8 Å². The largest absolute Gasteiger partial charge is 0.0837 e. The number of halogens is 1. The van der Waals surface area contributed by atoms with Crippen LogP contribution in [0, 0.1) is 0 Å².